The van der Waals surface area contributed by atoms with E-state index in [0.717, 1.165) is 18.7 Å². The Morgan fingerprint density at radius 3 is 2.89 bits per heavy atom. The van der Waals surface area contributed by atoms with Gasteiger partial charge < -0.3 is 5.32 Å². The van der Waals surface area contributed by atoms with Gasteiger partial charge in [-0.3, -0.25) is 0 Å². The van der Waals surface area contributed by atoms with Gasteiger partial charge in [0.15, 0.2) is 0 Å². The van der Waals surface area contributed by atoms with E-state index in [-0.39, 0.29) is 6.04 Å². The zero-order valence-electron chi connectivity index (χ0n) is 10.9. The lowest BCUT2D eigenvalue weighted by Gasteiger charge is -2.16. The van der Waals surface area contributed by atoms with Crippen LogP contribution in [-0.2, 0) is 6.42 Å². The molecule has 0 spiro atoms. The molecule has 1 unspecified atom stereocenters. The molecule has 1 heterocycles. The van der Waals surface area contributed by atoms with Crippen LogP contribution in [0.5, 0.6) is 0 Å². The summed E-state index contributed by atoms with van der Waals surface area (Å²) in [7, 11) is 0. The first-order valence-corrected chi connectivity index (χ1v) is 7.28. The maximum Gasteiger partial charge on any atom is 0.0970 e. The van der Waals surface area contributed by atoms with Crippen LogP contribution in [-0.4, -0.2) is 16.1 Å². The molecule has 0 aliphatic rings. The van der Waals surface area contributed by atoms with Gasteiger partial charge in [-0.15, -0.1) is 5.10 Å². The molecule has 0 aliphatic heterocycles. The monoisotopic (exact) mass is 261 g/mol. The van der Waals surface area contributed by atoms with Crippen molar-refractivity contribution >= 4 is 11.5 Å². The molecule has 2 rings (SSSR count). The number of hydrogen-bond acceptors (Lipinski definition) is 4. The van der Waals surface area contributed by atoms with Crippen molar-refractivity contribution in [2.45, 2.75) is 32.7 Å². The predicted octanol–water partition coefficient (Wildman–Crippen LogP) is 3.19. The Morgan fingerprint density at radius 1 is 1.33 bits per heavy atom. The van der Waals surface area contributed by atoms with Gasteiger partial charge in [-0.25, -0.2) is 0 Å². The van der Waals surface area contributed by atoms with Crippen LogP contribution in [0.15, 0.2) is 29.6 Å². The van der Waals surface area contributed by atoms with Crippen molar-refractivity contribution in [2.24, 2.45) is 0 Å². The second-order valence-electron chi connectivity index (χ2n) is 4.32. The minimum atomic E-state index is 0.158. The van der Waals surface area contributed by atoms with E-state index in [1.54, 1.807) is 0 Å². The van der Waals surface area contributed by atoms with Gasteiger partial charge in [0.1, 0.15) is 0 Å². The summed E-state index contributed by atoms with van der Waals surface area (Å²) in [5.41, 5.74) is 3.67. The van der Waals surface area contributed by atoms with E-state index in [0.29, 0.717) is 0 Å². The molecule has 1 N–H and O–H groups in total. The Bertz CT molecular complexity index is 468. The van der Waals surface area contributed by atoms with E-state index in [9.17, 15) is 0 Å². The van der Waals surface area contributed by atoms with Crippen molar-refractivity contribution in [1.82, 2.24) is 14.9 Å². The molecule has 0 saturated heterocycles. The standard InChI is InChI=1S/C14H19N3S/c1-3-6-11-7-5-8-12(9-11)14(15-4-2)13-10-18-17-16-13/h5,7-10,14-15H,3-4,6H2,1-2H3. The Morgan fingerprint density at radius 2 is 2.22 bits per heavy atom. The molecule has 0 amide bonds. The number of hydrogen-bond donors (Lipinski definition) is 1. The molecular formula is C14H19N3S. The summed E-state index contributed by atoms with van der Waals surface area (Å²) in [4.78, 5) is 0. The Balaban J connectivity index is 2.27. The number of aromatic nitrogens is 2. The third-order valence-electron chi connectivity index (χ3n) is 2.90. The molecule has 0 fully saturated rings. The molecular weight excluding hydrogens is 242 g/mol. The van der Waals surface area contributed by atoms with Crippen molar-refractivity contribution in [2.75, 3.05) is 6.54 Å². The van der Waals surface area contributed by atoms with Crippen molar-refractivity contribution in [3.8, 4) is 0 Å². The zero-order valence-corrected chi connectivity index (χ0v) is 11.7. The fraction of sp³-hybridized carbons (Fsp3) is 0.429. The van der Waals surface area contributed by atoms with E-state index in [4.69, 9.17) is 0 Å². The lowest BCUT2D eigenvalue weighted by Crippen LogP contribution is -2.22. The SMILES string of the molecule is CCCc1cccc(C(NCC)c2csnn2)c1. The highest BCUT2D eigenvalue weighted by atomic mass is 32.1. The summed E-state index contributed by atoms with van der Waals surface area (Å²) in [5.74, 6) is 0. The molecule has 96 valence electrons. The van der Waals surface area contributed by atoms with Crippen LogP contribution in [0, 0.1) is 0 Å². The topological polar surface area (TPSA) is 37.8 Å². The normalized spacial score (nSPS) is 12.6. The second kappa shape index (κ2) is 6.61. The molecule has 3 nitrogen and oxygen atoms in total. The first kappa shape index (κ1) is 13.2. The van der Waals surface area contributed by atoms with Gasteiger partial charge in [-0.2, -0.15) is 0 Å². The first-order valence-electron chi connectivity index (χ1n) is 6.44. The molecule has 0 radical (unpaired) electrons. The number of aryl methyl sites for hydroxylation is 1. The highest BCUT2D eigenvalue weighted by Gasteiger charge is 2.15. The molecule has 1 aromatic carbocycles. The minimum Gasteiger partial charge on any atom is -0.305 e. The minimum absolute atomic E-state index is 0.158. The lowest BCUT2D eigenvalue weighted by molar-refractivity contribution is 0.613. The van der Waals surface area contributed by atoms with Crippen molar-refractivity contribution < 1.29 is 0 Å². The third kappa shape index (κ3) is 3.15. The van der Waals surface area contributed by atoms with Crippen LogP contribution in [0.1, 0.15) is 43.1 Å². The summed E-state index contributed by atoms with van der Waals surface area (Å²) < 4.78 is 3.96. The summed E-state index contributed by atoms with van der Waals surface area (Å²) in [5, 5.41) is 9.68. The van der Waals surface area contributed by atoms with E-state index in [1.165, 1.54) is 29.1 Å². The number of nitrogens with one attached hydrogen (secondary N) is 1. The van der Waals surface area contributed by atoms with E-state index < -0.39 is 0 Å². The van der Waals surface area contributed by atoms with Crippen LogP contribution in [0.25, 0.3) is 0 Å². The predicted molar refractivity (Wildman–Crippen MR) is 75.9 cm³/mol. The van der Waals surface area contributed by atoms with Crippen molar-refractivity contribution in [3.63, 3.8) is 0 Å². The van der Waals surface area contributed by atoms with E-state index in [1.807, 2.05) is 5.38 Å². The quantitative estimate of drug-likeness (QED) is 0.868. The van der Waals surface area contributed by atoms with E-state index >= 15 is 0 Å². The molecule has 1 atom stereocenters. The van der Waals surface area contributed by atoms with Gasteiger partial charge in [0, 0.05) is 5.38 Å². The summed E-state index contributed by atoms with van der Waals surface area (Å²) >= 11 is 1.40. The van der Waals surface area contributed by atoms with Gasteiger partial charge >= 0.3 is 0 Å². The smallest absolute Gasteiger partial charge is 0.0970 e. The van der Waals surface area contributed by atoms with E-state index in [2.05, 4.69) is 53.0 Å². The maximum atomic E-state index is 4.19. The van der Waals surface area contributed by atoms with Gasteiger partial charge in [0.25, 0.3) is 0 Å². The second-order valence-corrected chi connectivity index (χ2v) is 4.93. The zero-order chi connectivity index (χ0) is 12.8. The highest BCUT2D eigenvalue weighted by Crippen LogP contribution is 2.22. The number of rotatable bonds is 6. The highest BCUT2D eigenvalue weighted by molar-refractivity contribution is 7.03. The van der Waals surface area contributed by atoms with Crippen LogP contribution in [0.4, 0.5) is 0 Å². The Hall–Kier alpha value is -1.26. The van der Waals surface area contributed by atoms with Crippen LogP contribution in [0.3, 0.4) is 0 Å². The number of nitrogens with zero attached hydrogens (tertiary/aromatic N) is 2. The third-order valence-corrected chi connectivity index (χ3v) is 3.43. The van der Waals surface area contributed by atoms with Crippen LogP contribution in [0.2, 0.25) is 0 Å². The molecule has 4 heteroatoms. The Labute approximate surface area is 112 Å². The summed E-state index contributed by atoms with van der Waals surface area (Å²) in [6.07, 6.45) is 2.30. The largest absolute Gasteiger partial charge is 0.305 e. The van der Waals surface area contributed by atoms with Crippen LogP contribution < -0.4 is 5.32 Å². The molecule has 2 aromatic rings. The maximum absolute atomic E-state index is 4.19. The fourth-order valence-corrected chi connectivity index (χ4v) is 2.59. The van der Waals surface area contributed by atoms with Gasteiger partial charge in [0.2, 0.25) is 0 Å². The molecule has 18 heavy (non-hydrogen) atoms. The molecule has 0 aliphatic carbocycles. The van der Waals surface area contributed by atoms with Gasteiger partial charge in [0.05, 0.1) is 11.7 Å². The van der Waals surface area contributed by atoms with Gasteiger partial charge in [-0.1, -0.05) is 49.0 Å². The molecule has 1 aromatic heterocycles. The average molecular weight is 261 g/mol. The Kier molecular flexibility index (Phi) is 4.84. The summed E-state index contributed by atoms with van der Waals surface area (Å²) in [6, 6.07) is 8.91. The first-order chi connectivity index (χ1) is 8.85. The molecule has 0 bridgehead atoms. The van der Waals surface area contributed by atoms with Crippen LogP contribution >= 0.6 is 11.5 Å². The average Bonchev–Trinajstić information content (AvgIpc) is 2.90. The van der Waals surface area contributed by atoms with Gasteiger partial charge in [-0.05, 0) is 35.6 Å². The molecule has 0 saturated carbocycles. The van der Waals surface area contributed by atoms with Crippen molar-refractivity contribution in [1.29, 1.82) is 0 Å². The number of benzene rings is 1. The summed E-state index contributed by atoms with van der Waals surface area (Å²) in [6.45, 7) is 5.24. The lowest BCUT2D eigenvalue weighted by atomic mass is 10.00. The fourth-order valence-electron chi connectivity index (χ4n) is 2.11. The van der Waals surface area contributed by atoms with Crippen molar-refractivity contribution in [3.05, 3.63) is 46.5 Å².